The van der Waals surface area contributed by atoms with Gasteiger partial charge in [0.25, 0.3) is 0 Å². The van der Waals surface area contributed by atoms with E-state index in [4.69, 9.17) is 8.85 Å². The minimum Gasteiger partial charge on any atom is -0.397 e. The normalized spacial score (nSPS) is 19.5. The van der Waals surface area contributed by atoms with Gasteiger partial charge >= 0.3 is 8.56 Å². The Hall–Kier alpha value is 0.274. The zero-order valence-electron chi connectivity index (χ0n) is 14.4. The molecule has 4 nitrogen and oxygen atoms in total. The first-order chi connectivity index (χ1) is 9.49. The molecule has 20 heavy (non-hydrogen) atoms. The van der Waals surface area contributed by atoms with E-state index in [9.17, 15) is 0 Å². The van der Waals surface area contributed by atoms with E-state index >= 15 is 0 Å². The van der Waals surface area contributed by atoms with Crippen molar-refractivity contribution in [3.05, 3.63) is 0 Å². The average molecular weight is 319 g/mol. The Labute approximate surface area is 127 Å². The molecule has 0 amide bonds. The van der Waals surface area contributed by atoms with Crippen molar-refractivity contribution in [2.75, 3.05) is 46.6 Å². The third-order valence-corrected chi connectivity index (χ3v) is 13.9. The highest BCUT2D eigenvalue weighted by atomic mass is 28.4. The highest BCUT2D eigenvalue weighted by molar-refractivity contribution is 6.77. The highest BCUT2D eigenvalue weighted by Gasteiger charge is 2.38. The molecule has 0 spiro atoms. The number of hydrogen-bond donors (Lipinski definition) is 0. The van der Waals surface area contributed by atoms with Crippen LogP contribution in [-0.2, 0) is 8.85 Å². The summed E-state index contributed by atoms with van der Waals surface area (Å²) in [7, 11) is 0.449. The van der Waals surface area contributed by atoms with E-state index in [1.807, 2.05) is 0 Å². The van der Waals surface area contributed by atoms with Gasteiger partial charge in [-0.3, -0.25) is 4.90 Å². The predicted molar refractivity (Wildman–Crippen MR) is 90.8 cm³/mol. The molecule has 0 atom stereocenters. The molecule has 0 saturated carbocycles. The van der Waals surface area contributed by atoms with E-state index in [1.54, 1.807) is 14.2 Å². The van der Waals surface area contributed by atoms with Gasteiger partial charge < -0.3 is 13.4 Å². The van der Waals surface area contributed by atoms with Crippen molar-refractivity contribution in [1.82, 2.24) is 9.47 Å². The molecule has 1 saturated heterocycles. The molecule has 0 N–H and O–H groups in total. The lowest BCUT2D eigenvalue weighted by Gasteiger charge is -2.46. The van der Waals surface area contributed by atoms with Crippen LogP contribution in [0, 0.1) is 0 Å². The maximum Gasteiger partial charge on any atom is 0.348 e. The van der Waals surface area contributed by atoms with Gasteiger partial charge in [-0.25, -0.2) is 0 Å². The summed E-state index contributed by atoms with van der Waals surface area (Å²) in [6, 6.07) is 4.17. The van der Waals surface area contributed by atoms with Crippen LogP contribution in [0.3, 0.4) is 0 Å². The number of piperazine rings is 1. The van der Waals surface area contributed by atoms with Gasteiger partial charge in [0.1, 0.15) is 8.24 Å². The molecule has 0 radical (unpaired) electrons. The summed E-state index contributed by atoms with van der Waals surface area (Å²) in [5.41, 5.74) is 0. The first-order valence-electron chi connectivity index (χ1n) is 8.07. The van der Waals surface area contributed by atoms with Crippen LogP contribution in [-0.4, -0.2) is 72.8 Å². The minimum atomic E-state index is -1.96. The summed E-state index contributed by atoms with van der Waals surface area (Å²) < 4.78 is 14.1. The van der Waals surface area contributed by atoms with E-state index < -0.39 is 16.8 Å². The third kappa shape index (κ3) is 4.14. The Bertz CT molecular complexity index is 268. The minimum absolute atomic E-state index is 0.993. The van der Waals surface area contributed by atoms with Crippen molar-refractivity contribution in [2.45, 2.75) is 45.5 Å². The quantitative estimate of drug-likeness (QED) is 0.642. The Morgan fingerprint density at radius 2 is 1.30 bits per heavy atom. The van der Waals surface area contributed by atoms with Crippen molar-refractivity contribution in [2.24, 2.45) is 0 Å². The van der Waals surface area contributed by atoms with Gasteiger partial charge in [0.05, 0.1) is 0 Å². The summed E-state index contributed by atoms with van der Waals surface area (Å²) in [6.07, 6.45) is 0.993. The maximum atomic E-state index is 5.62. The second-order valence-corrected chi connectivity index (χ2v) is 14.7. The Kier molecular flexibility index (Phi) is 7.38. The van der Waals surface area contributed by atoms with Gasteiger partial charge in [-0.2, -0.15) is 0 Å². The second-order valence-electron chi connectivity index (χ2n) is 6.09. The average Bonchev–Trinajstić information content (AvgIpc) is 2.51. The van der Waals surface area contributed by atoms with Crippen LogP contribution < -0.4 is 0 Å². The van der Waals surface area contributed by atoms with Crippen LogP contribution in [0.5, 0.6) is 0 Å². The molecule has 6 heteroatoms. The monoisotopic (exact) mass is 318 g/mol. The zero-order valence-corrected chi connectivity index (χ0v) is 16.4. The summed E-state index contributed by atoms with van der Waals surface area (Å²) in [4.78, 5) is 2.54. The first-order valence-corrected chi connectivity index (χ1v) is 13.2. The van der Waals surface area contributed by atoms with Crippen LogP contribution >= 0.6 is 0 Å². The molecule has 1 rings (SSSR count). The molecule has 0 aromatic heterocycles. The molecule has 0 aromatic rings. The lowest BCUT2D eigenvalue weighted by Crippen LogP contribution is -2.61. The lowest BCUT2D eigenvalue weighted by molar-refractivity contribution is 0.167. The Balaban J connectivity index is 2.55. The standard InChI is InChI=1S/C14H34N2O2Si2/c1-7-20(8-2,9-3)16-12-10-15(11-13-16)14-19(6,17-4)18-5/h7-14H2,1-6H3. The molecular weight excluding hydrogens is 284 g/mol. The number of rotatable bonds is 8. The van der Waals surface area contributed by atoms with E-state index in [1.165, 1.54) is 44.3 Å². The van der Waals surface area contributed by atoms with Crippen molar-refractivity contribution in [3.63, 3.8) is 0 Å². The van der Waals surface area contributed by atoms with E-state index in [0.29, 0.717) is 0 Å². The number of hydrogen-bond acceptors (Lipinski definition) is 4. The van der Waals surface area contributed by atoms with Gasteiger partial charge in [-0.15, -0.1) is 0 Å². The van der Waals surface area contributed by atoms with Crippen LogP contribution in [0.2, 0.25) is 24.7 Å². The Morgan fingerprint density at radius 3 is 1.65 bits per heavy atom. The SMILES string of the molecule is CC[Si](CC)(CC)N1CCN(C[Si](C)(OC)OC)CC1. The summed E-state index contributed by atoms with van der Waals surface area (Å²) in [6.45, 7) is 14.2. The molecule has 0 aliphatic carbocycles. The lowest BCUT2D eigenvalue weighted by atomic mass is 10.4. The van der Waals surface area contributed by atoms with Crippen molar-refractivity contribution in [1.29, 1.82) is 0 Å². The zero-order chi connectivity index (χ0) is 15.2. The van der Waals surface area contributed by atoms with E-state index in [2.05, 4.69) is 36.8 Å². The van der Waals surface area contributed by atoms with Crippen molar-refractivity contribution < 1.29 is 8.85 Å². The van der Waals surface area contributed by atoms with E-state index in [-0.39, 0.29) is 0 Å². The predicted octanol–water partition coefficient (Wildman–Crippen LogP) is 2.51. The molecular formula is C14H34N2O2Si2. The fourth-order valence-corrected chi connectivity index (χ4v) is 8.96. The molecule has 0 unspecified atom stereocenters. The molecule has 0 bridgehead atoms. The van der Waals surface area contributed by atoms with Gasteiger partial charge in [-0.1, -0.05) is 20.8 Å². The topological polar surface area (TPSA) is 24.9 Å². The summed E-state index contributed by atoms with van der Waals surface area (Å²) in [5.74, 6) is 0. The second kappa shape index (κ2) is 8.05. The van der Waals surface area contributed by atoms with Gasteiger partial charge in [0, 0.05) is 46.6 Å². The summed E-state index contributed by atoms with van der Waals surface area (Å²) >= 11 is 0. The van der Waals surface area contributed by atoms with Crippen LogP contribution in [0.15, 0.2) is 0 Å². The van der Waals surface area contributed by atoms with Gasteiger partial charge in [0.2, 0.25) is 0 Å². The fourth-order valence-electron chi connectivity index (χ4n) is 3.42. The van der Waals surface area contributed by atoms with E-state index in [0.717, 1.165) is 6.17 Å². The molecule has 1 aliphatic heterocycles. The first kappa shape index (κ1) is 18.3. The smallest absolute Gasteiger partial charge is 0.348 e. The van der Waals surface area contributed by atoms with Crippen LogP contribution in [0.4, 0.5) is 0 Å². The highest BCUT2D eigenvalue weighted by Crippen LogP contribution is 2.26. The third-order valence-electron chi connectivity index (χ3n) is 5.39. The van der Waals surface area contributed by atoms with Crippen LogP contribution in [0.1, 0.15) is 20.8 Å². The molecule has 1 fully saturated rings. The molecule has 1 heterocycles. The number of nitrogens with zero attached hydrogens (tertiary/aromatic N) is 2. The summed E-state index contributed by atoms with van der Waals surface area (Å²) in [5, 5.41) is 0. The maximum absolute atomic E-state index is 5.62. The molecule has 0 aromatic carbocycles. The van der Waals surface area contributed by atoms with Gasteiger partial charge in [-0.05, 0) is 24.7 Å². The largest absolute Gasteiger partial charge is 0.397 e. The van der Waals surface area contributed by atoms with Crippen LogP contribution in [0.25, 0.3) is 0 Å². The van der Waals surface area contributed by atoms with Gasteiger partial charge in [0.15, 0.2) is 0 Å². The molecule has 120 valence electrons. The van der Waals surface area contributed by atoms with Crippen molar-refractivity contribution in [3.8, 4) is 0 Å². The fraction of sp³-hybridized carbons (Fsp3) is 1.00. The Morgan fingerprint density at radius 1 is 0.850 bits per heavy atom. The van der Waals surface area contributed by atoms with Crippen molar-refractivity contribution >= 4 is 16.8 Å². The molecule has 1 aliphatic rings.